The molecule has 0 amide bonds. The topological polar surface area (TPSA) is 76.4 Å². The number of Topliss-reactive ketones (excluding diaryl/α,β-unsaturated/α-hetero) is 1. The summed E-state index contributed by atoms with van der Waals surface area (Å²) in [7, 11) is 0. The van der Waals surface area contributed by atoms with E-state index in [1.54, 1.807) is 24.3 Å². The summed E-state index contributed by atoms with van der Waals surface area (Å²) in [5.41, 5.74) is -0.0164. The van der Waals surface area contributed by atoms with Crippen molar-refractivity contribution in [3.8, 4) is 17.6 Å². The van der Waals surface area contributed by atoms with Gasteiger partial charge in [0.25, 0.3) is 0 Å². The Labute approximate surface area is 185 Å². The summed E-state index contributed by atoms with van der Waals surface area (Å²) in [4.78, 5) is 24.6. The van der Waals surface area contributed by atoms with Crippen molar-refractivity contribution in [2.24, 2.45) is 17.3 Å². The number of carbonyl (C=O) groups excluding carboxylic acids is 2. The van der Waals surface area contributed by atoms with Crippen LogP contribution >= 0.6 is 23.2 Å². The van der Waals surface area contributed by atoms with Crippen molar-refractivity contribution < 1.29 is 19.1 Å². The molecular formula is C23H21Cl2NO4. The highest BCUT2D eigenvalue weighted by Gasteiger charge is 2.66. The molecule has 30 heavy (non-hydrogen) atoms. The fourth-order valence-electron chi connectivity index (χ4n) is 3.67. The summed E-state index contributed by atoms with van der Waals surface area (Å²) in [6.07, 6.45) is -1.11. The molecule has 1 saturated carbocycles. The summed E-state index contributed by atoms with van der Waals surface area (Å²) >= 11 is 11.8. The second-order valence-corrected chi connectivity index (χ2v) is 8.50. The fourth-order valence-corrected chi connectivity index (χ4v) is 4.46. The molecule has 4 unspecified atom stereocenters. The summed E-state index contributed by atoms with van der Waals surface area (Å²) in [5, 5.41) is 8.71. The van der Waals surface area contributed by atoms with Crippen LogP contribution in [-0.2, 0) is 14.3 Å². The molecule has 0 saturated heterocycles. The SMILES string of the molecule is CC1(C)C(C(=O)OC(C#N)c2cccc(Oc3ccccc3)c2)C1C(Cl)C(=O)CCl. The van der Waals surface area contributed by atoms with Gasteiger partial charge in [0.1, 0.15) is 17.6 Å². The first kappa shape index (κ1) is 22.1. The number of rotatable bonds is 8. The third-order valence-corrected chi connectivity index (χ3v) is 6.19. The Balaban J connectivity index is 1.71. The van der Waals surface area contributed by atoms with Crippen molar-refractivity contribution in [3.63, 3.8) is 0 Å². The van der Waals surface area contributed by atoms with Gasteiger partial charge in [0, 0.05) is 11.5 Å². The molecule has 0 spiro atoms. The largest absolute Gasteiger partial charge is 0.457 e. The lowest BCUT2D eigenvalue weighted by atomic mass is 10.1. The van der Waals surface area contributed by atoms with Crippen LogP contribution in [0.5, 0.6) is 11.5 Å². The van der Waals surface area contributed by atoms with Gasteiger partial charge in [-0.3, -0.25) is 9.59 Å². The average molecular weight is 446 g/mol. The molecule has 0 bridgehead atoms. The summed E-state index contributed by atoms with van der Waals surface area (Å²) in [6, 6.07) is 18.1. The lowest BCUT2D eigenvalue weighted by Crippen LogP contribution is -2.22. The number of ketones is 1. The molecule has 0 aromatic heterocycles. The highest BCUT2D eigenvalue weighted by Crippen LogP contribution is 2.62. The summed E-state index contributed by atoms with van der Waals surface area (Å²) in [5.74, 6) is -0.879. The van der Waals surface area contributed by atoms with E-state index in [0.717, 1.165) is 0 Å². The monoisotopic (exact) mass is 445 g/mol. The number of ether oxygens (including phenoxy) is 2. The quantitative estimate of drug-likeness (QED) is 0.408. The molecule has 1 aliphatic carbocycles. The molecule has 0 heterocycles. The molecule has 7 heteroatoms. The number of nitrogens with zero attached hydrogens (tertiary/aromatic N) is 1. The van der Waals surface area contributed by atoms with Crippen molar-refractivity contribution >= 4 is 35.0 Å². The van der Waals surface area contributed by atoms with E-state index in [9.17, 15) is 14.9 Å². The zero-order valence-electron chi connectivity index (χ0n) is 16.5. The number of para-hydroxylation sites is 1. The second kappa shape index (κ2) is 9.07. The number of benzene rings is 2. The lowest BCUT2D eigenvalue weighted by molar-refractivity contribution is -0.149. The third-order valence-electron chi connectivity index (χ3n) is 5.41. The van der Waals surface area contributed by atoms with Gasteiger partial charge in [-0.15, -0.1) is 23.2 Å². The normalized spacial score (nSPS) is 21.0. The first-order chi connectivity index (χ1) is 14.3. The van der Waals surface area contributed by atoms with Gasteiger partial charge in [0.05, 0.1) is 17.2 Å². The highest BCUT2D eigenvalue weighted by molar-refractivity contribution is 6.38. The maximum absolute atomic E-state index is 12.8. The summed E-state index contributed by atoms with van der Waals surface area (Å²) < 4.78 is 11.3. The van der Waals surface area contributed by atoms with Gasteiger partial charge in [0.2, 0.25) is 6.10 Å². The van der Waals surface area contributed by atoms with Crippen LogP contribution in [0.2, 0.25) is 0 Å². The van der Waals surface area contributed by atoms with Gasteiger partial charge >= 0.3 is 5.97 Å². The highest BCUT2D eigenvalue weighted by atomic mass is 35.5. The van der Waals surface area contributed by atoms with E-state index < -0.39 is 28.8 Å². The maximum atomic E-state index is 12.8. The molecule has 2 aromatic carbocycles. The predicted molar refractivity (Wildman–Crippen MR) is 114 cm³/mol. The number of halogens is 2. The van der Waals surface area contributed by atoms with Crippen LogP contribution < -0.4 is 4.74 Å². The van der Waals surface area contributed by atoms with Crippen molar-refractivity contribution in [1.29, 1.82) is 5.26 Å². The average Bonchev–Trinajstić information content (AvgIpc) is 3.33. The van der Waals surface area contributed by atoms with E-state index >= 15 is 0 Å². The first-order valence-electron chi connectivity index (χ1n) is 9.45. The molecule has 0 N–H and O–H groups in total. The third kappa shape index (κ3) is 4.61. The predicted octanol–water partition coefficient (Wildman–Crippen LogP) is 5.27. The number of hydrogen-bond acceptors (Lipinski definition) is 5. The Kier molecular flexibility index (Phi) is 6.70. The van der Waals surface area contributed by atoms with Crippen LogP contribution in [0, 0.1) is 28.6 Å². The summed E-state index contributed by atoms with van der Waals surface area (Å²) in [6.45, 7) is 3.69. The molecule has 5 nitrogen and oxygen atoms in total. The van der Waals surface area contributed by atoms with Gasteiger partial charge in [-0.25, -0.2) is 0 Å². The molecule has 0 radical (unpaired) electrons. The van der Waals surface area contributed by atoms with Gasteiger partial charge in [0.15, 0.2) is 5.78 Å². The molecule has 1 fully saturated rings. The lowest BCUT2D eigenvalue weighted by Gasteiger charge is -2.14. The van der Waals surface area contributed by atoms with Gasteiger partial charge in [-0.05, 0) is 29.7 Å². The molecule has 2 aromatic rings. The van der Waals surface area contributed by atoms with E-state index in [4.69, 9.17) is 32.7 Å². The van der Waals surface area contributed by atoms with Crippen LogP contribution in [0.3, 0.4) is 0 Å². The van der Waals surface area contributed by atoms with E-state index in [-0.39, 0.29) is 17.6 Å². The molecule has 3 rings (SSSR count). The molecule has 1 aliphatic rings. The zero-order valence-corrected chi connectivity index (χ0v) is 18.1. The number of carbonyl (C=O) groups is 2. The van der Waals surface area contributed by atoms with Gasteiger partial charge in [-0.1, -0.05) is 44.2 Å². The molecular weight excluding hydrogens is 425 g/mol. The van der Waals surface area contributed by atoms with Crippen LogP contribution in [-0.4, -0.2) is 23.0 Å². The van der Waals surface area contributed by atoms with Crippen LogP contribution in [0.4, 0.5) is 0 Å². The van der Waals surface area contributed by atoms with Crippen LogP contribution in [0.15, 0.2) is 54.6 Å². The molecule has 0 aliphatic heterocycles. The Hall–Kier alpha value is -2.55. The van der Waals surface area contributed by atoms with E-state index in [1.165, 1.54) is 0 Å². The minimum absolute atomic E-state index is 0.211. The maximum Gasteiger partial charge on any atom is 0.311 e. The smallest absolute Gasteiger partial charge is 0.311 e. The fraction of sp³-hybridized carbons (Fsp3) is 0.348. The number of nitriles is 1. The zero-order chi connectivity index (χ0) is 21.9. The standard InChI is InChI=1S/C23H21Cl2NO4/c1-23(2)19(21(25)17(27)12-24)20(23)22(28)30-18(13-26)14-7-6-10-16(11-14)29-15-8-4-3-5-9-15/h3-11,18-21H,12H2,1-2H3. The second-order valence-electron chi connectivity index (χ2n) is 7.76. The van der Waals surface area contributed by atoms with E-state index in [2.05, 4.69) is 0 Å². The molecule has 156 valence electrons. The Morgan fingerprint density at radius 3 is 2.43 bits per heavy atom. The number of hydrogen-bond donors (Lipinski definition) is 0. The van der Waals surface area contributed by atoms with E-state index in [0.29, 0.717) is 17.1 Å². The van der Waals surface area contributed by atoms with Gasteiger partial charge < -0.3 is 9.47 Å². The Morgan fingerprint density at radius 1 is 1.13 bits per heavy atom. The first-order valence-corrected chi connectivity index (χ1v) is 10.4. The Morgan fingerprint density at radius 2 is 1.80 bits per heavy atom. The van der Waals surface area contributed by atoms with Crippen molar-refractivity contribution in [1.82, 2.24) is 0 Å². The van der Waals surface area contributed by atoms with E-state index in [1.807, 2.05) is 50.2 Å². The Bertz CT molecular complexity index is 971. The van der Waals surface area contributed by atoms with Crippen molar-refractivity contribution in [2.75, 3.05) is 5.88 Å². The number of alkyl halides is 2. The van der Waals surface area contributed by atoms with Crippen molar-refractivity contribution in [2.45, 2.75) is 25.3 Å². The minimum atomic E-state index is -1.11. The minimum Gasteiger partial charge on any atom is -0.457 e. The van der Waals surface area contributed by atoms with Gasteiger partial charge in [-0.2, -0.15) is 5.26 Å². The van der Waals surface area contributed by atoms with Crippen LogP contribution in [0.25, 0.3) is 0 Å². The molecule has 4 atom stereocenters. The number of esters is 1. The van der Waals surface area contributed by atoms with Crippen LogP contribution in [0.1, 0.15) is 25.5 Å². The van der Waals surface area contributed by atoms with Crippen molar-refractivity contribution in [3.05, 3.63) is 60.2 Å².